The molecule has 192 valence electrons. The molecular weight excluding hydrogens is 506 g/mol. The predicted molar refractivity (Wildman–Crippen MR) is 122 cm³/mol. The van der Waals surface area contributed by atoms with Gasteiger partial charge in [-0.3, -0.25) is 25.0 Å². The average molecular weight is 526 g/mol. The first-order valence-corrected chi connectivity index (χ1v) is 10.6. The number of hydrogen-bond acceptors (Lipinski definition) is 10. The molecule has 2 aromatic carbocycles. The number of halogens is 1. The molecule has 1 aliphatic heterocycles. The van der Waals surface area contributed by atoms with Crippen LogP contribution in [0.5, 0.6) is 0 Å². The third-order valence-corrected chi connectivity index (χ3v) is 5.42. The number of non-ortho nitro benzene ring substituents is 2. The number of nitrogens with one attached hydrogen (secondary N) is 3. The van der Waals surface area contributed by atoms with E-state index in [1.54, 1.807) is 24.3 Å². The van der Waals surface area contributed by atoms with Gasteiger partial charge in [-0.1, -0.05) is 11.6 Å². The first-order valence-electron chi connectivity index (χ1n) is 10.2. The Kier molecular flexibility index (Phi) is 8.33. The molecule has 1 heterocycles. The zero-order valence-electron chi connectivity index (χ0n) is 18.1. The van der Waals surface area contributed by atoms with Crippen molar-refractivity contribution in [3.63, 3.8) is 0 Å². The van der Waals surface area contributed by atoms with Crippen LogP contribution in [-0.4, -0.2) is 74.3 Å². The number of nitrogens with zero attached hydrogens (tertiary/aromatic N) is 2. The molecule has 1 fully saturated rings. The van der Waals surface area contributed by atoms with E-state index in [2.05, 4.69) is 16.0 Å². The Hall–Kier alpha value is -3.89. The largest absolute Gasteiger partial charge is 0.388 e. The molecule has 2 aromatic rings. The summed E-state index contributed by atoms with van der Waals surface area (Å²) in [6, 6.07) is 6.12. The molecule has 36 heavy (non-hydrogen) atoms. The van der Waals surface area contributed by atoms with Crippen LogP contribution in [-0.2, 0) is 4.74 Å². The smallest absolute Gasteiger partial charge is 0.319 e. The molecule has 1 aliphatic rings. The van der Waals surface area contributed by atoms with Crippen LogP contribution in [0.15, 0.2) is 42.5 Å². The van der Waals surface area contributed by atoms with E-state index in [0.717, 1.165) is 12.1 Å². The molecule has 0 saturated carbocycles. The minimum absolute atomic E-state index is 0.341. The highest BCUT2D eigenvalue weighted by atomic mass is 35.5. The Bertz CT molecular complexity index is 1130. The van der Waals surface area contributed by atoms with Gasteiger partial charge in [-0.15, -0.1) is 0 Å². The van der Waals surface area contributed by atoms with E-state index in [1.165, 1.54) is 0 Å². The topological polar surface area (TPSA) is 226 Å². The lowest BCUT2D eigenvalue weighted by atomic mass is 9.96. The van der Waals surface area contributed by atoms with Crippen molar-refractivity contribution in [1.82, 2.24) is 10.6 Å². The van der Waals surface area contributed by atoms with Crippen molar-refractivity contribution in [2.24, 2.45) is 0 Å². The molecule has 0 bridgehead atoms. The molecule has 6 N–H and O–H groups in total. The Morgan fingerprint density at radius 1 is 0.972 bits per heavy atom. The zero-order chi connectivity index (χ0) is 26.6. The summed E-state index contributed by atoms with van der Waals surface area (Å²) < 4.78 is 5.21. The van der Waals surface area contributed by atoms with E-state index in [-0.39, 0.29) is 6.54 Å². The fourth-order valence-corrected chi connectivity index (χ4v) is 3.47. The van der Waals surface area contributed by atoms with Gasteiger partial charge in [0.05, 0.1) is 21.5 Å². The molecule has 0 aliphatic carbocycles. The highest BCUT2D eigenvalue weighted by Crippen LogP contribution is 2.24. The number of carbonyl (C=O) groups is 2. The number of amides is 3. The summed E-state index contributed by atoms with van der Waals surface area (Å²) in [6.45, 7) is -0.341. The molecule has 3 amide bonds. The van der Waals surface area contributed by atoms with Gasteiger partial charge in [-0.05, 0) is 24.3 Å². The number of aliphatic hydroxyl groups excluding tert-OH is 3. The normalized spacial score (nSPS) is 23.4. The average Bonchev–Trinajstić information content (AvgIpc) is 2.84. The van der Waals surface area contributed by atoms with Gasteiger partial charge in [0.1, 0.15) is 24.4 Å². The molecule has 15 nitrogen and oxygen atoms in total. The van der Waals surface area contributed by atoms with Crippen LogP contribution >= 0.6 is 11.6 Å². The number of hydrogen-bond donors (Lipinski definition) is 6. The van der Waals surface area contributed by atoms with Gasteiger partial charge in [0.25, 0.3) is 17.3 Å². The fraction of sp³-hybridized carbons (Fsp3) is 0.300. The maximum absolute atomic E-state index is 12.6. The van der Waals surface area contributed by atoms with Gasteiger partial charge >= 0.3 is 6.03 Å². The van der Waals surface area contributed by atoms with Crippen molar-refractivity contribution in [3.8, 4) is 0 Å². The second-order valence-corrected chi connectivity index (χ2v) is 8.08. The predicted octanol–water partition coefficient (Wildman–Crippen LogP) is 0.516. The van der Waals surface area contributed by atoms with Crippen molar-refractivity contribution in [2.45, 2.75) is 30.6 Å². The number of anilines is 1. The Balaban J connectivity index is 1.62. The van der Waals surface area contributed by atoms with E-state index in [1.807, 2.05) is 0 Å². The number of benzene rings is 2. The molecular formula is C20H20ClN5O10. The molecule has 5 atom stereocenters. The van der Waals surface area contributed by atoms with E-state index < -0.39 is 69.4 Å². The third kappa shape index (κ3) is 6.41. The second-order valence-electron chi connectivity index (χ2n) is 7.64. The van der Waals surface area contributed by atoms with Crippen molar-refractivity contribution in [1.29, 1.82) is 0 Å². The standard InChI is InChI=1S/C20H20ClN5O10/c21-10-1-3-11(4-2-10)23-20(31)22-8-14-16(27)17(28)15(19(30)36-14)24-18(29)9-5-12(25(32)33)7-13(6-9)26(34)35/h1-7,14-17,19,27-28,30H,8H2,(H,24,29)(H2,22,23,31)/t14-,15+,16-,17-,19+/m1/s1. The quantitative estimate of drug-likeness (QED) is 0.217. The molecule has 1 saturated heterocycles. The van der Waals surface area contributed by atoms with E-state index in [9.17, 15) is 45.1 Å². The van der Waals surface area contributed by atoms with Crippen molar-refractivity contribution >= 4 is 40.6 Å². The van der Waals surface area contributed by atoms with Crippen LogP contribution in [0.4, 0.5) is 21.9 Å². The highest BCUT2D eigenvalue weighted by Gasteiger charge is 2.44. The van der Waals surface area contributed by atoms with Gasteiger partial charge in [0, 0.05) is 29.4 Å². The number of rotatable bonds is 7. The number of aliphatic hydroxyl groups is 3. The lowest BCUT2D eigenvalue weighted by molar-refractivity contribution is -0.394. The SMILES string of the molecule is O=C(NC[C@H]1O[C@H](O)[C@@H](NC(=O)c2cc([N+](=O)[O-])cc([N+](=O)[O-])c2)[C@@H](O)[C@@H]1O)Nc1ccc(Cl)cc1. The second kappa shape index (κ2) is 11.2. The van der Waals surface area contributed by atoms with E-state index in [0.29, 0.717) is 16.8 Å². The van der Waals surface area contributed by atoms with Gasteiger partial charge in [-0.2, -0.15) is 0 Å². The summed E-state index contributed by atoms with van der Waals surface area (Å²) in [5.74, 6) is -1.11. The van der Waals surface area contributed by atoms with Crippen LogP contribution in [0.25, 0.3) is 0 Å². The minimum Gasteiger partial charge on any atom is -0.388 e. The molecule has 0 unspecified atom stereocenters. The van der Waals surface area contributed by atoms with Crippen LogP contribution < -0.4 is 16.0 Å². The first kappa shape index (κ1) is 26.7. The maximum atomic E-state index is 12.6. The number of nitro groups is 2. The number of urea groups is 1. The van der Waals surface area contributed by atoms with E-state index >= 15 is 0 Å². The van der Waals surface area contributed by atoms with Crippen molar-refractivity contribution in [2.75, 3.05) is 11.9 Å². The lowest BCUT2D eigenvalue weighted by Gasteiger charge is -2.40. The molecule has 3 rings (SSSR count). The lowest BCUT2D eigenvalue weighted by Crippen LogP contribution is -2.65. The molecule has 0 spiro atoms. The first-order chi connectivity index (χ1) is 17.0. The molecule has 0 aromatic heterocycles. The van der Waals surface area contributed by atoms with Crippen LogP contribution in [0.1, 0.15) is 10.4 Å². The summed E-state index contributed by atoms with van der Waals surface area (Å²) in [4.78, 5) is 44.8. The summed E-state index contributed by atoms with van der Waals surface area (Å²) in [5, 5.41) is 60.6. The van der Waals surface area contributed by atoms with Crippen LogP contribution in [0, 0.1) is 20.2 Å². The summed E-state index contributed by atoms with van der Waals surface area (Å²) in [5.41, 5.74) is -1.52. The van der Waals surface area contributed by atoms with Crippen molar-refractivity contribution < 1.29 is 39.5 Å². The Morgan fingerprint density at radius 3 is 2.11 bits per heavy atom. The summed E-state index contributed by atoms with van der Waals surface area (Å²) >= 11 is 5.77. The number of ether oxygens (including phenoxy) is 1. The third-order valence-electron chi connectivity index (χ3n) is 5.17. The number of nitro benzene ring substituents is 2. The Morgan fingerprint density at radius 2 is 1.56 bits per heavy atom. The fourth-order valence-electron chi connectivity index (χ4n) is 3.34. The van der Waals surface area contributed by atoms with Crippen LogP contribution in [0.2, 0.25) is 5.02 Å². The Labute approximate surface area is 206 Å². The van der Waals surface area contributed by atoms with Crippen LogP contribution in [0.3, 0.4) is 0 Å². The molecule has 16 heteroatoms. The maximum Gasteiger partial charge on any atom is 0.319 e. The van der Waals surface area contributed by atoms with E-state index in [4.69, 9.17) is 16.3 Å². The van der Waals surface area contributed by atoms with Gasteiger partial charge in [-0.25, -0.2) is 4.79 Å². The van der Waals surface area contributed by atoms with Gasteiger partial charge in [0.15, 0.2) is 6.29 Å². The number of carbonyl (C=O) groups excluding carboxylic acids is 2. The summed E-state index contributed by atoms with van der Waals surface area (Å²) in [6.07, 6.45) is -6.63. The van der Waals surface area contributed by atoms with Gasteiger partial charge < -0.3 is 36.0 Å². The van der Waals surface area contributed by atoms with Crippen molar-refractivity contribution in [3.05, 3.63) is 73.3 Å². The monoisotopic (exact) mass is 525 g/mol. The minimum atomic E-state index is -1.87. The highest BCUT2D eigenvalue weighted by molar-refractivity contribution is 6.30. The zero-order valence-corrected chi connectivity index (χ0v) is 18.9. The molecule has 0 radical (unpaired) electrons. The summed E-state index contributed by atoms with van der Waals surface area (Å²) in [7, 11) is 0. The van der Waals surface area contributed by atoms with Gasteiger partial charge in [0.2, 0.25) is 0 Å².